The molecule has 2 rings (SSSR count). The van der Waals surface area contributed by atoms with Crippen molar-refractivity contribution >= 4 is 33.0 Å². The highest BCUT2D eigenvalue weighted by atomic mass is 32.1. The number of terminal acetylenes is 1. The highest BCUT2D eigenvalue weighted by Crippen LogP contribution is 2.34. The van der Waals surface area contributed by atoms with Crippen molar-refractivity contribution in [3.63, 3.8) is 0 Å². The first-order chi connectivity index (χ1) is 9.56. The number of rotatable bonds is 4. The normalized spacial score (nSPS) is 12.1. The lowest BCUT2D eigenvalue weighted by atomic mass is 10.1. The lowest BCUT2D eigenvalue weighted by Crippen LogP contribution is -2.33. The van der Waals surface area contributed by atoms with Crippen molar-refractivity contribution in [2.24, 2.45) is 0 Å². The average Bonchev–Trinajstić information content (AvgIpc) is 2.74. The average molecular weight is 286 g/mol. The van der Waals surface area contributed by atoms with Crippen LogP contribution >= 0.6 is 11.3 Å². The van der Waals surface area contributed by atoms with Gasteiger partial charge in [-0.2, -0.15) is 0 Å². The molecule has 1 heterocycles. The van der Waals surface area contributed by atoms with Crippen LogP contribution < -0.4 is 11.1 Å². The Morgan fingerprint density at radius 1 is 1.55 bits per heavy atom. The molecule has 104 valence electrons. The van der Waals surface area contributed by atoms with Crippen molar-refractivity contribution in [3.8, 4) is 12.3 Å². The maximum atomic E-state index is 12.3. The van der Waals surface area contributed by atoms with E-state index in [1.807, 2.05) is 32.0 Å². The summed E-state index contributed by atoms with van der Waals surface area (Å²) in [4.78, 5) is 12.8. The van der Waals surface area contributed by atoms with Gasteiger partial charge in [0, 0.05) is 10.1 Å². The number of aryl methyl sites for hydroxylation is 1. The quantitative estimate of drug-likeness (QED) is 0.847. The first-order valence-electron chi connectivity index (χ1n) is 6.62. The van der Waals surface area contributed by atoms with Gasteiger partial charge in [0.2, 0.25) is 0 Å². The third-order valence-corrected chi connectivity index (χ3v) is 4.34. The summed E-state index contributed by atoms with van der Waals surface area (Å²) < 4.78 is 1.03. The van der Waals surface area contributed by atoms with E-state index in [9.17, 15) is 4.79 Å². The van der Waals surface area contributed by atoms with E-state index < -0.39 is 0 Å². The summed E-state index contributed by atoms with van der Waals surface area (Å²) in [6, 6.07) is 5.75. The molecule has 1 unspecified atom stereocenters. The number of carbonyl (C=O) groups is 1. The smallest absolute Gasteiger partial charge is 0.264 e. The second-order valence-electron chi connectivity index (χ2n) is 4.83. The van der Waals surface area contributed by atoms with Gasteiger partial charge in [0.15, 0.2) is 0 Å². The Labute approximate surface area is 123 Å². The fourth-order valence-corrected chi connectivity index (χ4v) is 3.23. The summed E-state index contributed by atoms with van der Waals surface area (Å²) in [5, 5.41) is 3.78. The molecule has 0 spiro atoms. The number of hydrogen-bond acceptors (Lipinski definition) is 3. The highest BCUT2D eigenvalue weighted by molar-refractivity contribution is 7.21. The largest absolute Gasteiger partial charge is 0.397 e. The molecule has 0 radical (unpaired) electrons. The minimum atomic E-state index is -0.237. The first kappa shape index (κ1) is 14.4. The first-order valence-corrected chi connectivity index (χ1v) is 7.44. The number of benzene rings is 1. The minimum absolute atomic E-state index is 0.183. The van der Waals surface area contributed by atoms with Gasteiger partial charge in [0.1, 0.15) is 4.88 Å². The Hall–Kier alpha value is -1.99. The van der Waals surface area contributed by atoms with E-state index in [1.165, 1.54) is 11.3 Å². The Morgan fingerprint density at radius 2 is 2.30 bits per heavy atom. The van der Waals surface area contributed by atoms with E-state index in [0.717, 1.165) is 28.5 Å². The van der Waals surface area contributed by atoms with Crippen LogP contribution in [-0.2, 0) is 0 Å². The number of anilines is 1. The maximum absolute atomic E-state index is 12.3. The summed E-state index contributed by atoms with van der Waals surface area (Å²) >= 11 is 1.41. The summed E-state index contributed by atoms with van der Waals surface area (Å²) in [6.45, 7) is 4.05. The van der Waals surface area contributed by atoms with Crippen LogP contribution in [0.3, 0.4) is 0 Å². The van der Waals surface area contributed by atoms with Crippen molar-refractivity contribution in [3.05, 3.63) is 28.6 Å². The Morgan fingerprint density at radius 3 is 2.95 bits per heavy atom. The van der Waals surface area contributed by atoms with E-state index in [2.05, 4.69) is 11.2 Å². The zero-order valence-electron chi connectivity index (χ0n) is 11.7. The number of hydrogen-bond donors (Lipinski definition) is 2. The van der Waals surface area contributed by atoms with Gasteiger partial charge in [-0.15, -0.1) is 17.8 Å². The fraction of sp³-hybridized carbons (Fsp3) is 0.312. The lowest BCUT2D eigenvalue weighted by molar-refractivity contribution is 0.0949. The summed E-state index contributed by atoms with van der Waals surface area (Å²) in [5.74, 6) is 2.42. The maximum Gasteiger partial charge on any atom is 0.264 e. The van der Waals surface area contributed by atoms with Crippen molar-refractivity contribution in [2.45, 2.75) is 32.7 Å². The van der Waals surface area contributed by atoms with E-state index >= 15 is 0 Å². The van der Waals surface area contributed by atoms with Crippen LogP contribution in [0, 0.1) is 19.3 Å². The van der Waals surface area contributed by atoms with Gasteiger partial charge in [0.05, 0.1) is 11.7 Å². The third-order valence-electron chi connectivity index (χ3n) is 3.17. The Balaban J connectivity index is 2.31. The molecule has 0 aliphatic carbocycles. The second-order valence-corrected chi connectivity index (χ2v) is 5.88. The van der Waals surface area contributed by atoms with Gasteiger partial charge in [0.25, 0.3) is 5.91 Å². The monoisotopic (exact) mass is 286 g/mol. The minimum Gasteiger partial charge on any atom is -0.397 e. The van der Waals surface area contributed by atoms with Gasteiger partial charge in [-0.25, -0.2) is 0 Å². The van der Waals surface area contributed by atoms with Crippen LogP contribution in [0.4, 0.5) is 5.69 Å². The highest BCUT2D eigenvalue weighted by Gasteiger charge is 2.18. The lowest BCUT2D eigenvalue weighted by Gasteiger charge is -2.11. The molecule has 0 aliphatic rings. The van der Waals surface area contributed by atoms with Crippen LogP contribution in [0.15, 0.2) is 18.2 Å². The van der Waals surface area contributed by atoms with Crippen molar-refractivity contribution in [2.75, 3.05) is 5.73 Å². The summed E-state index contributed by atoms with van der Waals surface area (Å²) in [5.41, 5.74) is 7.77. The third kappa shape index (κ3) is 2.78. The number of nitrogens with one attached hydrogen (secondary N) is 1. The van der Waals surface area contributed by atoms with Crippen LogP contribution in [-0.4, -0.2) is 11.9 Å². The number of fused-ring (bicyclic) bond motifs is 1. The summed E-state index contributed by atoms with van der Waals surface area (Å²) in [6.07, 6.45) is 7.12. The number of nitrogens with two attached hydrogens (primary N) is 1. The van der Waals surface area contributed by atoms with E-state index in [0.29, 0.717) is 10.6 Å². The van der Waals surface area contributed by atoms with E-state index in [-0.39, 0.29) is 11.9 Å². The second kappa shape index (κ2) is 5.98. The Bertz CT molecular complexity index is 682. The molecule has 20 heavy (non-hydrogen) atoms. The number of amides is 1. The molecule has 3 nitrogen and oxygen atoms in total. The molecule has 2 aromatic rings. The van der Waals surface area contributed by atoms with E-state index in [1.54, 1.807) is 0 Å². The van der Waals surface area contributed by atoms with Crippen LogP contribution in [0.1, 0.15) is 35.0 Å². The molecule has 0 saturated heterocycles. The van der Waals surface area contributed by atoms with Gasteiger partial charge in [-0.1, -0.05) is 31.4 Å². The number of thiophene rings is 1. The Kier molecular flexibility index (Phi) is 4.31. The molecule has 0 fully saturated rings. The predicted molar refractivity (Wildman–Crippen MR) is 86.0 cm³/mol. The van der Waals surface area contributed by atoms with Gasteiger partial charge in [-0.3, -0.25) is 4.79 Å². The van der Waals surface area contributed by atoms with Crippen molar-refractivity contribution in [1.82, 2.24) is 5.32 Å². The standard InChI is InChI=1S/C16H18N2OS/c1-4-6-11(5-2)18-16(19)15-14(17)12-8-7-10(3)9-13(12)20-15/h2,7-9,11H,4,6,17H2,1,3H3,(H,18,19). The number of nitrogen functional groups attached to an aromatic ring is 1. The zero-order chi connectivity index (χ0) is 14.7. The topological polar surface area (TPSA) is 55.1 Å². The van der Waals surface area contributed by atoms with Crippen molar-refractivity contribution < 1.29 is 4.79 Å². The molecule has 1 atom stereocenters. The zero-order valence-corrected chi connectivity index (χ0v) is 12.5. The van der Waals surface area contributed by atoms with Crippen molar-refractivity contribution in [1.29, 1.82) is 0 Å². The molecule has 1 aromatic carbocycles. The van der Waals surface area contributed by atoms with Gasteiger partial charge < -0.3 is 11.1 Å². The molecular weight excluding hydrogens is 268 g/mol. The molecule has 3 N–H and O–H groups in total. The van der Waals surface area contributed by atoms with Crippen LogP contribution in [0.25, 0.3) is 10.1 Å². The predicted octanol–water partition coefficient (Wildman–Crippen LogP) is 3.32. The molecule has 0 aliphatic heterocycles. The summed E-state index contributed by atoms with van der Waals surface area (Å²) in [7, 11) is 0. The van der Waals surface area contributed by atoms with Crippen LogP contribution in [0.5, 0.6) is 0 Å². The molecule has 0 bridgehead atoms. The molecule has 1 aromatic heterocycles. The van der Waals surface area contributed by atoms with E-state index in [4.69, 9.17) is 12.2 Å². The van der Waals surface area contributed by atoms with Gasteiger partial charge in [-0.05, 0) is 25.0 Å². The van der Waals surface area contributed by atoms with Crippen LogP contribution in [0.2, 0.25) is 0 Å². The SMILES string of the molecule is C#CC(CCC)NC(=O)c1sc2cc(C)ccc2c1N. The molecule has 1 amide bonds. The number of carbonyl (C=O) groups excluding carboxylic acids is 1. The van der Waals surface area contributed by atoms with Gasteiger partial charge >= 0.3 is 0 Å². The molecule has 0 saturated carbocycles. The fourth-order valence-electron chi connectivity index (χ4n) is 2.10. The molecular formula is C16H18N2OS. The molecule has 4 heteroatoms.